The Bertz CT molecular complexity index is 468. The molecule has 2 rings (SSSR count). The summed E-state index contributed by atoms with van der Waals surface area (Å²) in [4.78, 5) is 2.28. The third kappa shape index (κ3) is 3.44. The van der Waals surface area contributed by atoms with Gasteiger partial charge < -0.3 is 10.9 Å². The SMILES string of the molecule is Cc1ccc(F)cc1CN1CCC(/C(N)=N/O)CC1. The van der Waals surface area contributed by atoms with Crippen molar-refractivity contribution in [3.8, 4) is 0 Å². The topological polar surface area (TPSA) is 61.8 Å². The van der Waals surface area contributed by atoms with Gasteiger partial charge in [-0.15, -0.1) is 0 Å². The molecule has 4 nitrogen and oxygen atoms in total. The molecule has 1 aliphatic heterocycles. The molecule has 0 saturated carbocycles. The molecule has 0 unspecified atom stereocenters. The summed E-state index contributed by atoms with van der Waals surface area (Å²) < 4.78 is 13.2. The maximum atomic E-state index is 13.2. The van der Waals surface area contributed by atoms with E-state index in [2.05, 4.69) is 10.1 Å². The number of aryl methyl sites for hydroxylation is 1. The number of hydrogen-bond donors (Lipinski definition) is 2. The number of nitrogens with two attached hydrogens (primary N) is 1. The Morgan fingerprint density at radius 2 is 2.16 bits per heavy atom. The zero-order valence-corrected chi connectivity index (χ0v) is 11.1. The molecule has 5 heteroatoms. The molecule has 1 heterocycles. The molecule has 3 N–H and O–H groups in total. The Morgan fingerprint density at radius 1 is 1.47 bits per heavy atom. The van der Waals surface area contributed by atoms with Crippen LogP contribution in [0.4, 0.5) is 4.39 Å². The fourth-order valence-electron chi connectivity index (χ4n) is 2.52. The lowest BCUT2D eigenvalue weighted by Gasteiger charge is -2.31. The zero-order valence-electron chi connectivity index (χ0n) is 11.1. The maximum absolute atomic E-state index is 13.2. The summed E-state index contributed by atoms with van der Waals surface area (Å²) in [6.45, 7) is 4.53. The molecule has 0 aromatic heterocycles. The highest BCUT2D eigenvalue weighted by Gasteiger charge is 2.22. The summed E-state index contributed by atoms with van der Waals surface area (Å²) >= 11 is 0. The van der Waals surface area contributed by atoms with Crippen LogP contribution in [0.1, 0.15) is 24.0 Å². The minimum Gasteiger partial charge on any atom is -0.409 e. The van der Waals surface area contributed by atoms with Gasteiger partial charge in [0.05, 0.1) is 0 Å². The Balaban J connectivity index is 1.94. The third-order valence-electron chi connectivity index (χ3n) is 3.83. The Kier molecular flexibility index (Phi) is 4.37. The number of oxime groups is 1. The van der Waals surface area contributed by atoms with Gasteiger partial charge >= 0.3 is 0 Å². The Morgan fingerprint density at radius 3 is 2.79 bits per heavy atom. The van der Waals surface area contributed by atoms with Crippen molar-refractivity contribution in [1.82, 2.24) is 4.90 Å². The van der Waals surface area contributed by atoms with Crippen LogP contribution < -0.4 is 5.73 Å². The largest absolute Gasteiger partial charge is 0.409 e. The van der Waals surface area contributed by atoms with Crippen LogP contribution in [0.5, 0.6) is 0 Å². The van der Waals surface area contributed by atoms with Gasteiger partial charge in [0, 0.05) is 12.5 Å². The molecule has 19 heavy (non-hydrogen) atoms. The van der Waals surface area contributed by atoms with Crippen molar-refractivity contribution in [2.75, 3.05) is 13.1 Å². The maximum Gasteiger partial charge on any atom is 0.142 e. The molecule has 0 radical (unpaired) electrons. The summed E-state index contributed by atoms with van der Waals surface area (Å²) in [5.41, 5.74) is 7.76. The molecule has 1 aromatic rings. The molecule has 0 atom stereocenters. The van der Waals surface area contributed by atoms with E-state index in [1.807, 2.05) is 13.0 Å². The fourth-order valence-corrected chi connectivity index (χ4v) is 2.52. The van der Waals surface area contributed by atoms with E-state index in [0.29, 0.717) is 5.84 Å². The molecule has 0 spiro atoms. The van der Waals surface area contributed by atoms with Crippen molar-refractivity contribution in [3.63, 3.8) is 0 Å². The van der Waals surface area contributed by atoms with E-state index < -0.39 is 0 Å². The van der Waals surface area contributed by atoms with Crippen LogP contribution in [0.25, 0.3) is 0 Å². The van der Waals surface area contributed by atoms with E-state index >= 15 is 0 Å². The normalized spacial score (nSPS) is 18.7. The molecule has 1 fully saturated rings. The second-order valence-corrected chi connectivity index (χ2v) is 5.15. The second-order valence-electron chi connectivity index (χ2n) is 5.15. The number of nitrogens with zero attached hydrogens (tertiary/aromatic N) is 2. The molecule has 1 aromatic carbocycles. The average Bonchev–Trinajstić information content (AvgIpc) is 2.43. The molecular weight excluding hydrogens is 245 g/mol. The smallest absolute Gasteiger partial charge is 0.142 e. The van der Waals surface area contributed by atoms with Crippen LogP contribution in [0, 0.1) is 18.7 Å². The van der Waals surface area contributed by atoms with Crippen molar-refractivity contribution < 1.29 is 9.60 Å². The number of hydrogen-bond acceptors (Lipinski definition) is 3. The van der Waals surface area contributed by atoms with Crippen molar-refractivity contribution in [2.24, 2.45) is 16.8 Å². The molecule has 104 valence electrons. The number of halogens is 1. The van der Waals surface area contributed by atoms with Gasteiger partial charge in [-0.1, -0.05) is 11.2 Å². The molecular formula is C14H20FN3O. The number of benzene rings is 1. The summed E-state index contributed by atoms with van der Waals surface area (Å²) in [5.74, 6) is 0.295. The van der Waals surface area contributed by atoms with Crippen LogP contribution in [0.3, 0.4) is 0 Å². The van der Waals surface area contributed by atoms with Gasteiger partial charge in [0.2, 0.25) is 0 Å². The molecule has 0 amide bonds. The first-order valence-electron chi connectivity index (χ1n) is 6.55. The lowest BCUT2D eigenvalue weighted by molar-refractivity contribution is 0.198. The number of rotatable bonds is 3. The summed E-state index contributed by atoms with van der Waals surface area (Å²) in [6.07, 6.45) is 1.76. The molecule has 1 saturated heterocycles. The van der Waals surface area contributed by atoms with E-state index in [1.165, 1.54) is 6.07 Å². The Hall–Kier alpha value is -1.62. The lowest BCUT2D eigenvalue weighted by atomic mass is 9.95. The van der Waals surface area contributed by atoms with E-state index in [1.54, 1.807) is 6.07 Å². The van der Waals surface area contributed by atoms with Gasteiger partial charge in [-0.25, -0.2) is 4.39 Å². The van der Waals surface area contributed by atoms with Crippen molar-refractivity contribution >= 4 is 5.84 Å². The van der Waals surface area contributed by atoms with Crippen molar-refractivity contribution in [3.05, 3.63) is 35.1 Å². The highest BCUT2D eigenvalue weighted by Crippen LogP contribution is 2.20. The quantitative estimate of drug-likeness (QED) is 0.381. The first-order chi connectivity index (χ1) is 9.10. The minimum absolute atomic E-state index is 0.162. The van der Waals surface area contributed by atoms with Crippen LogP contribution in [0.2, 0.25) is 0 Å². The summed E-state index contributed by atoms with van der Waals surface area (Å²) in [6, 6.07) is 4.91. The van der Waals surface area contributed by atoms with Gasteiger partial charge in [-0.2, -0.15) is 0 Å². The highest BCUT2D eigenvalue weighted by atomic mass is 19.1. The van der Waals surface area contributed by atoms with E-state index in [0.717, 1.165) is 43.6 Å². The van der Waals surface area contributed by atoms with Crippen LogP contribution in [-0.2, 0) is 6.54 Å². The monoisotopic (exact) mass is 265 g/mol. The van der Waals surface area contributed by atoms with Gasteiger partial charge in [0.15, 0.2) is 0 Å². The van der Waals surface area contributed by atoms with E-state index in [9.17, 15) is 4.39 Å². The van der Waals surface area contributed by atoms with Gasteiger partial charge in [0.25, 0.3) is 0 Å². The van der Waals surface area contributed by atoms with Crippen molar-refractivity contribution in [1.29, 1.82) is 0 Å². The zero-order chi connectivity index (χ0) is 13.8. The molecule has 0 bridgehead atoms. The van der Waals surface area contributed by atoms with Crippen molar-refractivity contribution in [2.45, 2.75) is 26.3 Å². The standard InChI is InChI=1S/C14H20FN3O/c1-10-2-3-13(15)8-12(10)9-18-6-4-11(5-7-18)14(16)17-19/h2-3,8,11,19H,4-7,9H2,1H3,(H2,16,17). The number of piperidine rings is 1. The third-order valence-corrected chi connectivity index (χ3v) is 3.83. The second kappa shape index (κ2) is 6.02. The average molecular weight is 265 g/mol. The van der Waals surface area contributed by atoms with Crippen LogP contribution in [-0.4, -0.2) is 29.0 Å². The van der Waals surface area contributed by atoms with Crippen LogP contribution in [0.15, 0.2) is 23.4 Å². The van der Waals surface area contributed by atoms with Gasteiger partial charge in [-0.05, 0) is 56.1 Å². The van der Waals surface area contributed by atoms with E-state index in [4.69, 9.17) is 10.9 Å². The first-order valence-corrected chi connectivity index (χ1v) is 6.55. The fraction of sp³-hybridized carbons (Fsp3) is 0.500. The molecule has 1 aliphatic rings. The highest BCUT2D eigenvalue weighted by molar-refractivity contribution is 5.82. The minimum atomic E-state index is -0.188. The lowest BCUT2D eigenvalue weighted by Crippen LogP contribution is -2.38. The number of likely N-dealkylation sites (tertiary alicyclic amines) is 1. The predicted octanol–water partition coefficient (Wildman–Crippen LogP) is 2.09. The summed E-state index contributed by atoms with van der Waals surface area (Å²) in [5, 5.41) is 11.7. The predicted molar refractivity (Wildman–Crippen MR) is 72.5 cm³/mol. The van der Waals surface area contributed by atoms with Gasteiger partial charge in [-0.3, -0.25) is 4.90 Å². The number of amidine groups is 1. The summed E-state index contributed by atoms with van der Waals surface area (Å²) in [7, 11) is 0. The molecule has 0 aliphatic carbocycles. The van der Waals surface area contributed by atoms with E-state index in [-0.39, 0.29) is 11.7 Å². The van der Waals surface area contributed by atoms with Crippen LogP contribution >= 0.6 is 0 Å². The van der Waals surface area contributed by atoms with Gasteiger partial charge in [0.1, 0.15) is 11.7 Å². The first kappa shape index (κ1) is 13.8. The Labute approximate surface area is 112 Å².